The smallest absolute Gasteiger partial charge is 0.252 e. The molecule has 2 amide bonds. The molecule has 2 rings (SSSR count). The van der Waals surface area contributed by atoms with Gasteiger partial charge in [0.15, 0.2) is 0 Å². The highest BCUT2D eigenvalue weighted by atomic mass is 35.5. The molecule has 0 bridgehead atoms. The third kappa shape index (κ3) is 6.57. The summed E-state index contributed by atoms with van der Waals surface area (Å²) < 4.78 is 18.7. The molecule has 0 heterocycles. The van der Waals surface area contributed by atoms with E-state index in [4.69, 9.17) is 16.3 Å². The van der Waals surface area contributed by atoms with Crippen molar-refractivity contribution in [2.45, 2.75) is 32.9 Å². The second-order valence-electron chi connectivity index (χ2n) is 6.18. The zero-order chi connectivity index (χ0) is 19.8. The lowest BCUT2D eigenvalue weighted by Crippen LogP contribution is -2.30. The van der Waals surface area contributed by atoms with Crippen molar-refractivity contribution in [3.05, 3.63) is 64.4 Å². The van der Waals surface area contributed by atoms with Crippen molar-refractivity contribution in [3.8, 4) is 5.75 Å². The molecular weight excluding hydrogens is 371 g/mol. The zero-order valence-corrected chi connectivity index (χ0v) is 16.0. The lowest BCUT2D eigenvalue weighted by Gasteiger charge is -2.14. The highest BCUT2D eigenvalue weighted by molar-refractivity contribution is 6.33. The minimum Gasteiger partial charge on any atom is -0.491 e. The maximum Gasteiger partial charge on any atom is 0.252 e. The third-order valence-electron chi connectivity index (χ3n) is 3.62. The Hall–Kier alpha value is -2.60. The number of halogens is 2. The summed E-state index contributed by atoms with van der Waals surface area (Å²) in [7, 11) is 0. The molecule has 0 saturated heterocycles. The Morgan fingerprint density at radius 1 is 1.15 bits per heavy atom. The second kappa shape index (κ2) is 9.92. The Kier molecular flexibility index (Phi) is 7.61. The van der Waals surface area contributed by atoms with Crippen LogP contribution in [0.3, 0.4) is 0 Å². The van der Waals surface area contributed by atoms with Gasteiger partial charge in [-0.15, -0.1) is 0 Å². The molecule has 144 valence electrons. The van der Waals surface area contributed by atoms with E-state index >= 15 is 0 Å². The Bertz CT molecular complexity index is 812. The van der Waals surface area contributed by atoms with Crippen molar-refractivity contribution in [1.29, 1.82) is 0 Å². The van der Waals surface area contributed by atoms with Gasteiger partial charge in [0.1, 0.15) is 11.6 Å². The maximum atomic E-state index is 13.0. The number of ether oxygens (including phenoxy) is 1. The molecule has 0 unspecified atom stereocenters. The third-order valence-corrected chi connectivity index (χ3v) is 3.94. The largest absolute Gasteiger partial charge is 0.491 e. The number of para-hydroxylation sites is 1. The molecule has 0 aliphatic heterocycles. The number of amides is 2. The number of hydrogen-bond acceptors (Lipinski definition) is 3. The summed E-state index contributed by atoms with van der Waals surface area (Å²) in [5, 5.41) is 5.42. The van der Waals surface area contributed by atoms with E-state index in [1.807, 2.05) is 38.1 Å². The summed E-state index contributed by atoms with van der Waals surface area (Å²) in [6, 6.07) is 11.0. The van der Waals surface area contributed by atoms with Crippen LogP contribution in [0, 0.1) is 5.82 Å². The lowest BCUT2D eigenvalue weighted by atomic mass is 10.2. The standard InChI is InChI=1S/C20H22ClFN2O3/c1-13(2)27-18-6-4-3-5-14(18)12-24-19(25)9-10-23-20(26)16-8-7-15(22)11-17(16)21/h3-8,11,13H,9-10,12H2,1-2H3,(H,23,26)(H,24,25). The van der Waals surface area contributed by atoms with Gasteiger partial charge in [-0.1, -0.05) is 29.8 Å². The van der Waals surface area contributed by atoms with Crippen LogP contribution in [0.2, 0.25) is 5.02 Å². The summed E-state index contributed by atoms with van der Waals surface area (Å²) >= 11 is 5.84. The van der Waals surface area contributed by atoms with Crippen LogP contribution in [-0.4, -0.2) is 24.5 Å². The minimum atomic E-state index is -0.516. The molecule has 0 aromatic heterocycles. The molecule has 0 atom stereocenters. The van der Waals surface area contributed by atoms with E-state index < -0.39 is 11.7 Å². The quantitative estimate of drug-likeness (QED) is 0.719. The predicted molar refractivity (Wildman–Crippen MR) is 102 cm³/mol. The summed E-state index contributed by atoms with van der Waals surface area (Å²) in [4.78, 5) is 24.0. The average Bonchev–Trinajstić information content (AvgIpc) is 2.60. The van der Waals surface area contributed by atoms with Gasteiger partial charge in [0, 0.05) is 25.1 Å². The predicted octanol–water partition coefficient (Wildman–Crippen LogP) is 3.70. The minimum absolute atomic E-state index is 0.0266. The Morgan fingerprint density at radius 2 is 1.89 bits per heavy atom. The molecule has 0 spiro atoms. The van der Waals surface area contributed by atoms with Crippen LogP contribution in [-0.2, 0) is 11.3 Å². The van der Waals surface area contributed by atoms with Crippen LogP contribution in [0.25, 0.3) is 0 Å². The summed E-state index contributed by atoms with van der Waals surface area (Å²) in [6.45, 7) is 4.35. The lowest BCUT2D eigenvalue weighted by molar-refractivity contribution is -0.121. The first-order valence-electron chi connectivity index (χ1n) is 8.61. The van der Waals surface area contributed by atoms with Crippen molar-refractivity contribution < 1.29 is 18.7 Å². The Balaban J connectivity index is 1.79. The fourth-order valence-corrected chi connectivity index (χ4v) is 2.61. The SMILES string of the molecule is CC(C)Oc1ccccc1CNC(=O)CCNC(=O)c1ccc(F)cc1Cl. The first-order chi connectivity index (χ1) is 12.9. The molecule has 0 fully saturated rings. The van der Waals surface area contributed by atoms with E-state index in [9.17, 15) is 14.0 Å². The second-order valence-corrected chi connectivity index (χ2v) is 6.59. The van der Waals surface area contributed by atoms with E-state index in [1.54, 1.807) is 0 Å². The number of carbonyl (C=O) groups excluding carboxylic acids is 2. The van der Waals surface area contributed by atoms with Crippen LogP contribution >= 0.6 is 11.6 Å². The van der Waals surface area contributed by atoms with Gasteiger partial charge in [0.05, 0.1) is 16.7 Å². The molecular formula is C20H22ClFN2O3. The number of carbonyl (C=O) groups is 2. The average molecular weight is 393 g/mol. The first-order valence-corrected chi connectivity index (χ1v) is 8.99. The van der Waals surface area contributed by atoms with Crippen molar-refractivity contribution in [3.63, 3.8) is 0 Å². The Labute approximate surface area is 162 Å². The fraction of sp³-hybridized carbons (Fsp3) is 0.300. The molecule has 0 aliphatic carbocycles. The van der Waals surface area contributed by atoms with Gasteiger partial charge in [0.25, 0.3) is 5.91 Å². The van der Waals surface area contributed by atoms with Crippen molar-refractivity contribution in [2.75, 3.05) is 6.54 Å². The highest BCUT2D eigenvalue weighted by Crippen LogP contribution is 2.19. The van der Waals surface area contributed by atoms with Gasteiger partial charge < -0.3 is 15.4 Å². The van der Waals surface area contributed by atoms with E-state index in [2.05, 4.69) is 10.6 Å². The maximum absolute atomic E-state index is 13.0. The summed E-state index contributed by atoms with van der Waals surface area (Å²) in [5.74, 6) is -0.451. The van der Waals surface area contributed by atoms with Gasteiger partial charge in [-0.2, -0.15) is 0 Å². The highest BCUT2D eigenvalue weighted by Gasteiger charge is 2.12. The van der Waals surface area contributed by atoms with Crippen LogP contribution < -0.4 is 15.4 Å². The fourth-order valence-electron chi connectivity index (χ4n) is 2.36. The van der Waals surface area contributed by atoms with E-state index in [0.717, 1.165) is 23.4 Å². The van der Waals surface area contributed by atoms with Gasteiger partial charge in [0.2, 0.25) is 5.91 Å². The molecule has 27 heavy (non-hydrogen) atoms. The summed E-state index contributed by atoms with van der Waals surface area (Å²) in [5.41, 5.74) is 1.04. The molecule has 5 nitrogen and oxygen atoms in total. The summed E-state index contributed by atoms with van der Waals surface area (Å²) in [6.07, 6.45) is 0.146. The van der Waals surface area contributed by atoms with Crippen molar-refractivity contribution in [1.82, 2.24) is 10.6 Å². The number of benzene rings is 2. The molecule has 2 aromatic rings. The number of hydrogen-bond donors (Lipinski definition) is 2. The molecule has 2 aromatic carbocycles. The topological polar surface area (TPSA) is 67.4 Å². The Morgan fingerprint density at radius 3 is 2.59 bits per heavy atom. The van der Waals surface area contributed by atoms with Crippen LogP contribution in [0.1, 0.15) is 36.2 Å². The van der Waals surface area contributed by atoms with Crippen molar-refractivity contribution in [2.24, 2.45) is 0 Å². The van der Waals surface area contributed by atoms with Crippen LogP contribution in [0.15, 0.2) is 42.5 Å². The molecule has 0 radical (unpaired) electrons. The molecule has 2 N–H and O–H groups in total. The zero-order valence-electron chi connectivity index (χ0n) is 15.2. The monoisotopic (exact) mass is 392 g/mol. The van der Waals surface area contributed by atoms with Gasteiger partial charge in [-0.3, -0.25) is 9.59 Å². The van der Waals surface area contributed by atoms with Gasteiger partial charge in [-0.05, 0) is 38.1 Å². The van der Waals surface area contributed by atoms with E-state index in [0.29, 0.717) is 6.54 Å². The molecule has 0 saturated carbocycles. The van der Waals surface area contributed by atoms with Gasteiger partial charge in [-0.25, -0.2) is 4.39 Å². The van der Waals surface area contributed by atoms with Crippen LogP contribution in [0.5, 0.6) is 5.75 Å². The normalized spacial score (nSPS) is 10.6. The molecule has 0 aliphatic rings. The van der Waals surface area contributed by atoms with E-state index in [1.165, 1.54) is 6.07 Å². The van der Waals surface area contributed by atoms with Crippen molar-refractivity contribution >= 4 is 23.4 Å². The van der Waals surface area contributed by atoms with Crippen LogP contribution in [0.4, 0.5) is 4.39 Å². The van der Waals surface area contributed by atoms with Gasteiger partial charge >= 0.3 is 0 Å². The first kappa shape index (κ1) is 20.7. The van der Waals surface area contributed by atoms with E-state index in [-0.39, 0.29) is 35.6 Å². The molecule has 7 heteroatoms. The number of rotatable bonds is 8. The number of nitrogens with one attached hydrogen (secondary N) is 2.